The Bertz CT molecular complexity index is 6260. The quantitative estimate of drug-likeness (QED) is 0.144. The highest BCUT2D eigenvalue weighted by atomic mass is 32.2. The van der Waals surface area contributed by atoms with E-state index in [1.165, 1.54) is 178 Å². The van der Waals surface area contributed by atoms with Gasteiger partial charge in [0.1, 0.15) is 0 Å². The summed E-state index contributed by atoms with van der Waals surface area (Å²) >= 11 is 3.98. The van der Waals surface area contributed by atoms with Crippen molar-refractivity contribution in [3.8, 4) is 39.1 Å². The average molecular weight is 1230 g/mol. The number of thiophene rings is 1. The molecule has 14 aromatic carbocycles. The molecule has 3 unspecified atom stereocenters. The third-order valence-corrected chi connectivity index (χ3v) is 23.4. The molecule has 2 aromatic heterocycles. The lowest BCUT2D eigenvalue weighted by molar-refractivity contribution is 0.894. The molecule has 3 heterocycles. The Morgan fingerprint density at radius 2 is 0.915 bits per heavy atom. The fourth-order valence-electron chi connectivity index (χ4n) is 16.4. The molecule has 1 aliphatic heterocycles. The Hall–Kier alpha value is -11.1. The molecule has 94 heavy (non-hydrogen) atoms. The normalized spacial score (nSPS) is 16.5. The zero-order valence-electron chi connectivity index (χ0n) is 51.2. The van der Waals surface area contributed by atoms with Crippen molar-refractivity contribution in [3.63, 3.8) is 0 Å². The second kappa shape index (κ2) is 21.2. The van der Waals surface area contributed by atoms with Gasteiger partial charge >= 0.3 is 0 Å². The number of thioether (sulfide) groups is 1. The summed E-state index contributed by atoms with van der Waals surface area (Å²) < 4.78 is 5.13. The third-order valence-electron chi connectivity index (χ3n) is 20.6. The summed E-state index contributed by atoms with van der Waals surface area (Å²) in [6, 6.07) is 105. The van der Waals surface area contributed by atoms with Gasteiger partial charge in [-0.1, -0.05) is 279 Å². The average Bonchev–Trinajstić information content (AvgIpc) is 1.60. The molecule has 438 valence electrons. The van der Waals surface area contributed by atoms with Crippen LogP contribution in [0.3, 0.4) is 0 Å². The minimum absolute atomic E-state index is 0.0811. The second-order valence-corrected chi connectivity index (χ2v) is 27.8. The molecule has 4 aliphatic rings. The van der Waals surface area contributed by atoms with Crippen LogP contribution in [0.15, 0.2) is 338 Å². The predicted molar refractivity (Wildman–Crippen MR) is 403 cm³/mol. The Kier molecular flexibility index (Phi) is 12.1. The fourth-order valence-corrected chi connectivity index (χ4v) is 19.4. The molecule has 0 spiro atoms. The SMILES string of the molecule is C1=CC2=CC(C=C1)C(c1ccc(-n3c4ccc(-c5cccc6c5SC5C(c7cc8ccccc8c8ccccc78)=CC=CC65)cc4c4cc(-c5cccc6c5sc5c(-c7cc8ccccc8c8ccccc78)cccc56)ccc43)cc1)=c1ccccc1=C2c1ccccc1. The topological polar surface area (TPSA) is 4.93 Å². The molecule has 3 heteroatoms. The zero-order valence-corrected chi connectivity index (χ0v) is 52.8. The van der Waals surface area contributed by atoms with E-state index >= 15 is 0 Å². The second-order valence-electron chi connectivity index (χ2n) is 25.6. The predicted octanol–water partition coefficient (Wildman–Crippen LogP) is 23.1. The van der Waals surface area contributed by atoms with Gasteiger partial charge in [-0.05, 0) is 174 Å². The van der Waals surface area contributed by atoms with Crippen molar-refractivity contribution >= 4 is 125 Å². The zero-order chi connectivity index (χ0) is 61.5. The Morgan fingerprint density at radius 3 is 1.64 bits per heavy atom. The summed E-state index contributed by atoms with van der Waals surface area (Å²) in [5.41, 5.74) is 21.4. The van der Waals surface area contributed by atoms with Crippen LogP contribution in [0.5, 0.6) is 0 Å². The maximum atomic E-state index is 2.51. The Labute approximate surface area is 552 Å². The van der Waals surface area contributed by atoms with Crippen LogP contribution in [0.2, 0.25) is 0 Å². The molecular weight excluding hydrogens is 1170 g/mol. The number of aromatic nitrogens is 1. The summed E-state index contributed by atoms with van der Waals surface area (Å²) in [4.78, 5) is 1.37. The van der Waals surface area contributed by atoms with Gasteiger partial charge in [-0.3, -0.25) is 0 Å². The van der Waals surface area contributed by atoms with Gasteiger partial charge in [0.25, 0.3) is 0 Å². The van der Waals surface area contributed by atoms with Crippen LogP contribution in [-0.2, 0) is 0 Å². The molecule has 0 radical (unpaired) electrons. The summed E-state index contributed by atoms with van der Waals surface area (Å²) in [5.74, 6) is 0.334. The van der Waals surface area contributed by atoms with Gasteiger partial charge in [0.2, 0.25) is 0 Å². The lowest BCUT2D eigenvalue weighted by atomic mass is 9.82. The maximum Gasteiger partial charge on any atom is 0.0541 e. The standard InChI is InChI=1S/C91H57NS2/c1-2-20-55(21-3-1)86-61-24-4-5-25-62(50-61)87(73-33-15-14-32-72(73)86)56-42-46-63(47-43-56)92-84-48-44-59(66-34-16-36-74-76-38-18-40-78(90(76)93-88(66)74)80-51-57-22-6-8-26-64(57)68-28-10-12-30-70(68)80)53-82(84)83-54-60(45-49-85(83)92)67-35-17-37-75-77-39-19-41-79(91(77)94-89(67)75)81-52-58-23-7-9-27-65(58)69-29-11-13-31-71(69)81/h1-54,62,76,90H. The van der Waals surface area contributed by atoms with Crippen LogP contribution in [0.1, 0.15) is 28.2 Å². The van der Waals surface area contributed by atoms with Crippen LogP contribution < -0.4 is 10.4 Å². The van der Waals surface area contributed by atoms with Crippen molar-refractivity contribution < 1.29 is 0 Å². The van der Waals surface area contributed by atoms with Gasteiger partial charge in [0, 0.05) is 64.2 Å². The molecular formula is C91H57NS2. The van der Waals surface area contributed by atoms with Crippen molar-refractivity contribution in [2.45, 2.75) is 16.1 Å². The minimum atomic E-state index is 0.0811. The molecule has 20 rings (SSSR count). The molecule has 16 aromatic rings. The van der Waals surface area contributed by atoms with Crippen LogP contribution in [0.4, 0.5) is 0 Å². The number of benzene rings is 14. The molecule has 0 fully saturated rings. The smallest absolute Gasteiger partial charge is 0.0541 e. The van der Waals surface area contributed by atoms with E-state index in [-0.39, 0.29) is 17.1 Å². The van der Waals surface area contributed by atoms with Crippen LogP contribution in [0.25, 0.3) is 141 Å². The third kappa shape index (κ3) is 8.21. The number of fused-ring (bicyclic) bond motifs is 17. The lowest BCUT2D eigenvalue weighted by Gasteiger charge is -2.25. The van der Waals surface area contributed by atoms with E-state index in [4.69, 9.17) is 0 Å². The minimum Gasteiger partial charge on any atom is -0.309 e. The van der Waals surface area contributed by atoms with Crippen molar-refractivity contribution in [1.82, 2.24) is 4.57 Å². The number of allylic oxidation sites excluding steroid dienone is 9. The summed E-state index contributed by atoms with van der Waals surface area (Å²) in [6.07, 6.45) is 18.7. The van der Waals surface area contributed by atoms with Crippen molar-refractivity contribution in [1.29, 1.82) is 0 Å². The lowest BCUT2D eigenvalue weighted by Crippen LogP contribution is -2.30. The maximum absolute atomic E-state index is 2.51. The fraction of sp³-hybridized carbons (Fsp3) is 0.0330. The molecule has 3 atom stereocenters. The number of rotatable bonds is 7. The van der Waals surface area contributed by atoms with Gasteiger partial charge in [-0.2, -0.15) is 0 Å². The number of hydrogen-bond acceptors (Lipinski definition) is 2. The first-order chi connectivity index (χ1) is 46.6. The molecule has 0 N–H and O–H groups in total. The first-order valence-electron chi connectivity index (χ1n) is 32.7. The first kappa shape index (κ1) is 53.6. The highest BCUT2D eigenvalue weighted by molar-refractivity contribution is 8.01. The first-order valence-corrected chi connectivity index (χ1v) is 34.4. The number of hydrogen-bond donors (Lipinski definition) is 0. The van der Waals surface area contributed by atoms with E-state index in [0.717, 1.165) is 5.69 Å². The van der Waals surface area contributed by atoms with Gasteiger partial charge in [0.15, 0.2) is 0 Å². The highest BCUT2D eigenvalue weighted by Gasteiger charge is 2.38. The van der Waals surface area contributed by atoms with Gasteiger partial charge in [0.05, 0.1) is 11.0 Å². The number of nitrogens with zero attached hydrogens (tertiary/aromatic N) is 1. The largest absolute Gasteiger partial charge is 0.309 e. The van der Waals surface area contributed by atoms with Crippen LogP contribution in [-0.4, -0.2) is 9.82 Å². The summed E-state index contributed by atoms with van der Waals surface area (Å²) in [6.45, 7) is 0. The van der Waals surface area contributed by atoms with Crippen molar-refractivity contribution in [2.75, 3.05) is 0 Å². The van der Waals surface area contributed by atoms with E-state index in [1.807, 2.05) is 23.1 Å². The van der Waals surface area contributed by atoms with E-state index in [9.17, 15) is 0 Å². The summed E-state index contributed by atoms with van der Waals surface area (Å²) in [5, 5.41) is 18.1. The summed E-state index contributed by atoms with van der Waals surface area (Å²) in [7, 11) is 0. The Morgan fingerprint density at radius 1 is 0.351 bits per heavy atom. The molecule has 0 saturated heterocycles. The van der Waals surface area contributed by atoms with E-state index in [0.29, 0.717) is 0 Å². The molecule has 0 amide bonds. The van der Waals surface area contributed by atoms with Crippen LogP contribution in [0, 0.1) is 5.92 Å². The van der Waals surface area contributed by atoms with E-state index in [1.54, 1.807) is 0 Å². The molecule has 0 saturated carbocycles. The van der Waals surface area contributed by atoms with Crippen molar-refractivity contribution in [2.24, 2.45) is 5.92 Å². The Balaban J connectivity index is 0.756. The van der Waals surface area contributed by atoms with Gasteiger partial charge in [-0.15, -0.1) is 23.1 Å². The monoisotopic (exact) mass is 1230 g/mol. The van der Waals surface area contributed by atoms with Gasteiger partial charge < -0.3 is 4.57 Å². The van der Waals surface area contributed by atoms with Crippen LogP contribution >= 0.6 is 23.1 Å². The highest BCUT2D eigenvalue weighted by Crippen LogP contribution is 2.57. The molecule has 3 aliphatic carbocycles. The van der Waals surface area contributed by atoms with Gasteiger partial charge in [-0.25, -0.2) is 0 Å². The molecule has 2 bridgehead atoms. The van der Waals surface area contributed by atoms with E-state index < -0.39 is 0 Å². The van der Waals surface area contributed by atoms with E-state index in [2.05, 4.69) is 332 Å². The molecule has 1 nitrogen and oxygen atoms in total. The van der Waals surface area contributed by atoms with Crippen molar-refractivity contribution in [3.05, 3.63) is 366 Å².